The molecule has 0 radical (unpaired) electrons. The predicted octanol–water partition coefficient (Wildman–Crippen LogP) is 5.14. The fraction of sp³-hybridized carbons (Fsp3) is 0.208. The molecule has 1 amide bonds. The predicted molar refractivity (Wildman–Crippen MR) is 120 cm³/mol. The van der Waals surface area contributed by atoms with Gasteiger partial charge in [0.1, 0.15) is 0 Å². The van der Waals surface area contributed by atoms with Crippen LogP contribution in [-0.4, -0.2) is 23.7 Å². The lowest BCUT2D eigenvalue weighted by Gasteiger charge is -2.11. The third-order valence-corrected chi connectivity index (χ3v) is 4.79. The fourth-order valence-corrected chi connectivity index (χ4v) is 3.23. The summed E-state index contributed by atoms with van der Waals surface area (Å²) in [5.74, 6) is 0.00814. The van der Waals surface area contributed by atoms with E-state index in [4.69, 9.17) is 5.41 Å². The number of aryl methyl sites for hydroxylation is 1. The highest BCUT2D eigenvalue weighted by Gasteiger charge is 2.07. The molecule has 0 spiro atoms. The number of nitrogens with zero attached hydrogens (tertiary/aromatic N) is 1. The number of anilines is 2. The molecule has 0 atom stereocenters. The number of amides is 1. The highest BCUT2D eigenvalue weighted by atomic mass is 16.1. The van der Waals surface area contributed by atoms with Crippen LogP contribution in [0.25, 0.3) is 11.1 Å². The number of hydrogen-bond acceptors (Lipinski definition) is 4. The van der Waals surface area contributed by atoms with Crippen molar-refractivity contribution in [3.63, 3.8) is 0 Å². The summed E-state index contributed by atoms with van der Waals surface area (Å²) in [5, 5.41) is 14.0. The van der Waals surface area contributed by atoms with E-state index in [0.29, 0.717) is 12.1 Å². The first-order chi connectivity index (χ1) is 14.1. The summed E-state index contributed by atoms with van der Waals surface area (Å²) in [6.07, 6.45) is 5.44. The Labute approximate surface area is 171 Å². The third-order valence-electron chi connectivity index (χ3n) is 4.79. The Morgan fingerprint density at radius 2 is 1.83 bits per heavy atom. The molecule has 5 heteroatoms. The standard InChI is InChI=1S/C24H26N4O/c1-17(25)22-15-20(12-13-23(22)26-2)19-10-8-18(9-11-19)5-3-7-24(29)28-21-6-4-14-27-16-21/h4,6,8-16,25-26H,3,5,7H2,1-2H3,(H,28,29). The fourth-order valence-electron chi connectivity index (χ4n) is 3.23. The van der Waals surface area contributed by atoms with Gasteiger partial charge < -0.3 is 16.0 Å². The molecule has 3 aromatic rings. The van der Waals surface area contributed by atoms with E-state index in [-0.39, 0.29) is 5.91 Å². The molecule has 1 heterocycles. The van der Waals surface area contributed by atoms with Gasteiger partial charge >= 0.3 is 0 Å². The molecule has 0 bridgehead atoms. The average molecular weight is 386 g/mol. The smallest absolute Gasteiger partial charge is 0.224 e. The molecule has 0 saturated carbocycles. The second-order valence-corrected chi connectivity index (χ2v) is 6.98. The van der Waals surface area contributed by atoms with Crippen LogP contribution in [0.3, 0.4) is 0 Å². The van der Waals surface area contributed by atoms with Crippen LogP contribution in [0.15, 0.2) is 67.0 Å². The summed E-state index contributed by atoms with van der Waals surface area (Å²) in [5.41, 5.74) is 6.55. The minimum absolute atomic E-state index is 0.00814. The van der Waals surface area contributed by atoms with E-state index in [1.165, 1.54) is 5.56 Å². The molecular formula is C24H26N4O. The van der Waals surface area contributed by atoms with Crippen LogP contribution in [0.2, 0.25) is 0 Å². The largest absolute Gasteiger partial charge is 0.388 e. The van der Waals surface area contributed by atoms with Gasteiger partial charge in [-0.2, -0.15) is 0 Å². The van der Waals surface area contributed by atoms with E-state index in [9.17, 15) is 4.79 Å². The van der Waals surface area contributed by atoms with Crippen LogP contribution < -0.4 is 10.6 Å². The van der Waals surface area contributed by atoms with Crippen molar-refractivity contribution in [1.29, 1.82) is 5.41 Å². The SMILES string of the molecule is CNc1ccc(-c2ccc(CCCC(=O)Nc3cccnc3)cc2)cc1C(C)=N. The molecule has 3 N–H and O–H groups in total. The minimum atomic E-state index is 0.00814. The minimum Gasteiger partial charge on any atom is -0.388 e. The summed E-state index contributed by atoms with van der Waals surface area (Å²) in [6, 6.07) is 18.2. The maximum absolute atomic E-state index is 12.0. The Balaban J connectivity index is 1.57. The summed E-state index contributed by atoms with van der Waals surface area (Å²) < 4.78 is 0. The van der Waals surface area contributed by atoms with Gasteiger partial charge in [0.25, 0.3) is 0 Å². The first-order valence-electron chi connectivity index (χ1n) is 9.73. The van der Waals surface area contributed by atoms with Crippen molar-refractivity contribution in [3.8, 4) is 11.1 Å². The van der Waals surface area contributed by atoms with Gasteiger partial charge in [0, 0.05) is 36.6 Å². The van der Waals surface area contributed by atoms with Gasteiger partial charge in [-0.1, -0.05) is 30.3 Å². The maximum Gasteiger partial charge on any atom is 0.224 e. The molecule has 0 saturated heterocycles. The van der Waals surface area contributed by atoms with Crippen molar-refractivity contribution in [2.75, 3.05) is 17.7 Å². The van der Waals surface area contributed by atoms with Crippen molar-refractivity contribution < 1.29 is 4.79 Å². The van der Waals surface area contributed by atoms with Crippen LogP contribution in [-0.2, 0) is 11.2 Å². The first kappa shape index (κ1) is 20.3. The van der Waals surface area contributed by atoms with Crippen LogP contribution >= 0.6 is 0 Å². The second-order valence-electron chi connectivity index (χ2n) is 6.98. The average Bonchev–Trinajstić information content (AvgIpc) is 2.74. The van der Waals surface area contributed by atoms with Crippen LogP contribution in [0.1, 0.15) is 30.9 Å². The Bertz CT molecular complexity index is 982. The molecule has 2 aromatic carbocycles. The summed E-state index contributed by atoms with van der Waals surface area (Å²) >= 11 is 0. The number of rotatable bonds is 8. The van der Waals surface area contributed by atoms with E-state index < -0.39 is 0 Å². The zero-order valence-corrected chi connectivity index (χ0v) is 16.8. The highest BCUT2D eigenvalue weighted by molar-refractivity contribution is 6.02. The molecule has 0 fully saturated rings. The maximum atomic E-state index is 12.0. The Kier molecular flexibility index (Phi) is 6.74. The molecule has 148 valence electrons. The third kappa shape index (κ3) is 5.51. The van der Waals surface area contributed by atoms with Crippen LogP contribution in [0, 0.1) is 5.41 Å². The van der Waals surface area contributed by atoms with E-state index in [1.807, 2.05) is 25.2 Å². The molecule has 0 aliphatic carbocycles. The zero-order chi connectivity index (χ0) is 20.6. The lowest BCUT2D eigenvalue weighted by atomic mass is 9.98. The van der Waals surface area contributed by atoms with Gasteiger partial charge in [-0.25, -0.2) is 0 Å². The molecule has 0 aliphatic rings. The number of carbonyl (C=O) groups is 1. The van der Waals surface area contributed by atoms with Crippen molar-refractivity contribution in [1.82, 2.24) is 4.98 Å². The quantitative estimate of drug-likeness (QED) is 0.469. The van der Waals surface area contributed by atoms with Gasteiger partial charge in [-0.3, -0.25) is 9.78 Å². The van der Waals surface area contributed by atoms with Gasteiger partial charge in [0.15, 0.2) is 0 Å². The topological polar surface area (TPSA) is 77.9 Å². The number of carbonyl (C=O) groups excluding carboxylic acids is 1. The van der Waals surface area contributed by atoms with Crippen molar-refractivity contribution in [3.05, 3.63) is 78.1 Å². The van der Waals surface area contributed by atoms with Gasteiger partial charge in [-0.05, 0) is 60.7 Å². The summed E-state index contributed by atoms with van der Waals surface area (Å²) in [6.45, 7) is 1.80. The lowest BCUT2D eigenvalue weighted by Crippen LogP contribution is -2.11. The van der Waals surface area contributed by atoms with E-state index in [2.05, 4.69) is 45.9 Å². The summed E-state index contributed by atoms with van der Waals surface area (Å²) in [4.78, 5) is 16.0. The van der Waals surface area contributed by atoms with Crippen molar-refractivity contribution >= 4 is 23.0 Å². The Hall–Kier alpha value is -3.47. The normalized spacial score (nSPS) is 10.4. The molecule has 3 rings (SSSR count). The van der Waals surface area contributed by atoms with E-state index in [1.54, 1.807) is 25.4 Å². The van der Waals surface area contributed by atoms with E-state index in [0.717, 1.165) is 40.9 Å². The van der Waals surface area contributed by atoms with Crippen molar-refractivity contribution in [2.45, 2.75) is 26.2 Å². The number of hydrogen-bond donors (Lipinski definition) is 3. The molecule has 29 heavy (non-hydrogen) atoms. The van der Waals surface area contributed by atoms with Gasteiger partial charge in [-0.15, -0.1) is 0 Å². The first-order valence-corrected chi connectivity index (χ1v) is 9.73. The Morgan fingerprint density at radius 1 is 1.07 bits per heavy atom. The molecule has 0 unspecified atom stereocenters. The molecular weight excluding hydrogens is 360 g/mol. The number of pyridine rings is 1. The number of aromatic nitrogens is 1. The van der Waals surface area contributed by atoms with E-state index >= 15 is 0 Å². The molecule has 0 aliphatic heterocycles. The summed E-state index contributed by atoms with van der Waals surface area (Å²) in [7, 11) is 1.87. The molecule has 1 aromatic heterocycles. The molecule has 5 nitrogen and oxygen atoms in total. The van der Waals surface area contributed by atoms with Gasteiger partial charge in [0.2, 0.25) is 5.91 Å². The Morgan fingerprint density at radius 3 is 2.48 bits per heavy atom. The second kappa shape index (κ2) is 9.64. The highest BCUT2D eigenvalue weighted by Crippen LogP contribution is 2.26. The number of benzene rings is 2. The lowest BCUT2D eigenvalue weighted by molar-refractivity contribution is -0.116. The number of nitrogens with one attached hydrogen (secondary N) is 3. The van der Waals surface area contributed by atoms with Gasteiger partial charge in [0.05, 0.1) is 11.9 Å². The van der Waals surface area contributed by atoms with Crippen LogP contribution in [0.4, 0.5) is 11.4 Å². The monoisotopic (exact) mass is 386 g/mol. The zero-order valence-electron chi connectivity index (χ0n) is 16.8. The van der Waals surface area contributed by atoms with Crippen LogP contribution in [0.5, 0.6) is 0 Å². The van der Waals surface area contributed by atoms with Crippen molar-refractivity contribution in [2.24, 2.45) is 0 Å².